The van der Waals surface area contributed by atoms with Gasteiger partial charge in [-0.2, -0.15) is 0 Å². The first-order valence-corrected chi connectivity index (χ1v) is 9.89. The molecule has 7 heteroatoms. The molecule has 27 heavy (non-hydrogen) atoms. The van der Waals surface area contributed by atoms with Gasteiger partial charge in [0.25, 0.3) is 5.91 Å². The molecule has 0 bridgehead atoms. The van der Waals surface area contributed by atoms with Crippen molar-refractivity contribution < 1.29 is 14.4 Å². The standard InChI is InChI=1S/C20H21N3O3S/c1-20(2)9-14-17(15(24)10-20)27-19(22-14)23-18(26)12-6-7-13-11(8-12)4-3-5-16(25)21-13/h6-8H,3-5,9-10H2,1-2H3,(H,21,25)(H,22,23,26). The summed E-state index contributed by atoms with van der Waals surface area (Å²) < 4.78 is 0. The fourth-order valence-corrected chi connectivity index (χ4v) is 4.57. The zero-order valence-electron chi connectivity index (χ0n) is 15.3. The van der Waals surface area contributed by atoms with Crippen molar-refractivity contribution in [3.05, 3.63) is 39.9 Å². The second-order valence-electron chi connectivity index (χ2n) is 7.96. The van der Waals surface area contributed by atoms with Crippen LogP contribution in [-0.2, 0) is 17.6 Å². The summed E-state index contributed by atoms with van der Waals surface area (Å²) in [5.41, 5.74) is 2.93. The normalized spacial score (nSPS) is 18.1. The molecule has 0 spiro atoms. The molecule has 0 atom stereocenters. The summed E-state index contributed by atoms with van der Waals surface area (Å²) >= 11 is 1.25. The van der Waals surface area contributed by atoms with Crippen molar-refractivity contribution in [2.24, 2.45) is 5.41 Å². The first kappa shape index (κ1) is 17.9. The van der Waals surface area contributed by atoms with Crippen molar-refractivity contribution in [1.82, 2.24) is 4.98 Å². The first-order chi connectivity index (χ1) is 12.8. The van der Waals surface area contributed by atoms with E-state index in [1.54, 1.807) is 12.1 Å². The van der Waals surface area contributed by atoms with E-state index in [-0.39, 0.29) is 23.0 Å². The number of nitrogens with one attached hydrogen (secondary N) is 2. The maximum absolute atomic E-state index is 12.7. The maximum Gasteiger partial charge on any atom is 0.257 e. The van der Waals surface area contributed by atoms with Crippen LogP contribution >= 0.6 is 11.3 Å². The number of aromatic nitrogens is 1. The van der Waals surface area contributed by atoms with E-state index >= 15 is 0 Å². The van der Waals surface area contributed by atoms with Gasteiger partial charge in [-0.15, -0.1) is 0 Å². The molecule has 1 aromatic carbocycles. The van der Waals surface area contributed by atoms with Crippen molar-refractivity contribution in [2.75, 3.05) is 10.6 Å². The van der Waals surface area contributed by atoms with Gasteiger partial charge in [-0.25, -0.2) is 4.98 Å². The summed E-state index contributed by atoms with van der Waals surface area (Å²) in [4.78, 5) is 41.8. The number of nitrogens with zero attached hydrogens (tertiary/aromatic N) is 1. The van der Waals surface area contributed by atoms with Gasteiger partial charge >= 0.3 is 0 Å². The van der Waals surface area contributed by atoms with Crippen LogP contribution in [0.25, 0.3) is 0 Å². The van der Waals surface area contributed by atoms with Crippen LogP contribution in [0, 0.1) is 5.41 Å². The van der Waals surface area contributed by atoms with Crippen molar-refractivity contribution in [1.29, 1.82) is 0 Å². The Morgan fingerprint density at radius 2 is 2.04 bits per heavy atom. The Morgan fingerprint density at radius 3 is 2.85 bits per heavy atom. The van der Waals surface area contributed by atoms with Crippen molar-refractivity contribution in [3.63, 3.8) is 0 Å². The molecule has 0 radical (unpaired) electrons. The number of benzene rings is 1. The lowest BCUT2D eigenvalue weighted by atomic mass is 9.78. The molecule has 0 saturated carbocycles. The number of rotatable bonds is 2. The minimum atomic E-state index is -0.258. The molecule has 1 aliphatic carbocycles. The van der Waals surface area contributed by atoms with E-state index in [4.69, 9.17) is 0 Å². The number of anilines is 2. The quantitative estimate of drug-likeness (QED) is 0.825. The van der Waals surface area contributed by atoms with Crippen LogP contribution in [0.4, 0.5) is 10.8 Å². The number of hydrogen-bond acceptors (Lipinski definition) is 5. The third-order valence-corrected chi connectivity index (χ3v) is 6.00. The van der Waals surface area contributed by atoms with E-state index in [0.29, 0.717) is 28.4 Å². The molecule has 0 unspecified atom stereocenters. The predicted octanol–water partition coefficient (Wildman–Crippen LogP) is 3.83. The Hall–Kier alpha value is -2.54. The molecule has 2 amide bonds. The van der Waals surface area contributed by atoms with E-state index in [9.17, 15) is 14.4 Å². The number of fused-ring (bicyclic) bond motifs is 2. The molecule has 2 aromatic rings. The minimum Gasteiger partial charge on any atom is -0.326 e. The fourth-order valence-electron chi connectivity index (χ4n) is 3.66. The van der Waals surface area contributed by atoms with Gasteiger partial charge in [0.15, 0.2) is 10.9 Å². The first-order valence-electron chi connectivity index (χ1n) is 9.08. The summed E-state index contributed by atoms with van der Waals surface area (Å²) in [5, 5.41) is 6.15. The van der Waals surface area contributed by atoms with Crippen molar-refractivity contribution in [3.8, 4) is 0 Å². The van der Waals surface area contributed by atoms with Crippen LogP contribution in [0.2, 0.25) is 0 Å². The SMILES string of the molecule is CC1(C)CC(=O)c2sc(NC(=O)c3ccc4c(c3)CCCC(=O)N4)nc2C1. The summed E-state index contributed by atoms with van der Waals surface area (Å²) in [5.74, 6) is -0.155. The topological polar surface area (TPSA) is 88.2 Å². The number of amides is 2. The summed E-state index contributed by atoms with van der Waals surface area (Å²) in [7, 11) is 0. The largest absolute Gasteiger partial charge is 0.326 e. The number of carbonyl (C=O) groups is 3. The van der Waals surface area contributed by atoms with Gasteiger partial charge < -0.3 is 5.32 Å². The zero-order chi connectivity index (χ0) is 19.2. The third-order valence-electron chi connectivity index (χ3n) is 4.95. The molecule has 2 aliphatic rings. The van der Waals surface area contributed by atoms with E-state index in [0.717, 1.165) is 36.2 Å². The predicted molar refractivity (Wildman–Crippen MR) is 105 cm³/mol. The highest BCUT2D eigenvalue weighted by Gasteiger charge is 2.34. The molecule has 140 valence electrons. The van der Waals surface area contributed by atoms with Crippen LogP contribution in [0.3, 0.4) is 0 Å². The number of hydrogen-bond donors (Lipinski definition) is 2. The van der Waals surface area contributed by atoms with Crippen molar-refractivity contribution >= 4 is 39.8 Å². The molecule has 0 fully saturated rings. The Kier molecular flexibility index (Phi) is 4.34. The Morgan fingerprint density at radius 1 is 1.22 bits per heavy atom. The van der Waals surface area contributed by atoms with E-state index in [2.05, 4.69) is 29.5 Å². The fraction of sp³-hybridized carbons (Fsp3) is 0.400. The Labute approximate surface area is 161 Å². The maximum atomic E-state index is 12.7. The molecular formula is C20H21N3O3S. The number of aryl methyl sites for hydroxylation is 1. The summed E-state index contributed by atoms with van der Waals surface area (Å²) in [6.45, 7) is 4.11. The minimum absolute atomic E-state index is 0.00640. The zero-order valence-corrected chi connectivity index (χ0v) is 16.2. The third kappa shape index (κ3) is 3.64. The van der Waals surface area contributed by atoms with Crippen LogP contribution in [0.1, 0.15) is 64.4 Å². The lowest BCUT2D eigenvalue weighted by Gasteiger charge is -2.26. The van der Waals surface area contributed by atoms with Crippen LogP contribution < -0.4 is 10.6 Å². The van der Waals surface area contributed by atoms with Crippen LogP contribution in [0.15, 0.2) is 18.2 Å². The Bertz CT molecular complexity index is 961. The smallest absolute Gasteiger partial charge is 0.257 e. The van der Waals surface area contributed by atoms with Gasteiger partial charge in [0.05, 0.1) is 10.6 Å². The number of thiazole rings is 1. The molecule has 4 rings (SSSR count). The van der Waals surface area contributed by atoms with Gasteiger partial charge in [0.2, 0.25) is 5.91 Å². The summed E-state index contributed by atoms with van der Waals surface area (Å²) in [6.07, 6.45) is 3.25. The average Bonchev–Trinajstić information content (AvgIpc) is 2.87. The summed E-state index contributed by atoms with van der Waals surface area (Å²) in [6, 6.07) is 5.28. The van der Waals surface area contributed by atoms with Gasteiger partial charge in [0, 0.05) is 24.1 Å². The highest BCUT2D eigenvalue weighted by molar-refractivity contribution is 7.17. The van der Waals surface area contributed by atoms with Crippen LogP contribution in [-0.4, -0.2) is 22.6 Å². The Balaban J connectivity index is 1.54. The lowest BCUT2D eigenvalue weighted by molar-refractivity contribution is -0.116. The number of carbonyl (C=O) groups excluding carboxylic acids is 3. The molecular weight excluding hydrogens is 362 g/mol. The van der Waals surface area contributed by atoms with Crippen molar-refractivity contribution in [2.45, 2.75) is 46.0 Å². The van der Waals surface area contributed by atoms with E-state index < -0.39 is 0 Å². The number of Topliss-reactive ketones (excluding diaryl/α,β-unsaturated/α-hetero) is 1. The highest BCUT2D eigenvalue weighted by Crippen LogP contribution is 2.38. The molecule has 2 heterocycles. The second kappa shape index (κ2) is 6.56. The van der Waals surface area contributed by atoms with Crippen LogP contribution in [0.5, 0.6) is 0 Å². The average molecular weight is 383 g/mol. The number of ketones is 1. The van der Waals surface area contributed by atoms with Gasteiger partial charge in [-0.3, -0.25) is 19.7 Å². The highest BCUT2D eigenvalue weighted by atomic mass is 32.1. The molecule has 1 aliphatic heterocycles. The van der Waals surface area contributed by atoms with E-state index in [1.165, 1.54) is 11.3 Å². The van der Waals surface area contributed by atoms with E-state index in [1.807, 2.05) is 6.07 Å². The molecule has 2 N–H and O–H groups in total. The van der Waals surface area contributed by atoms with Gasteiger partial charge in [-0.05, 0) is 48.4 Å². The van der Waals surface area contributed by atoms with Gasteiger partial charge in [-0.1, -0.05) is 25.2 Å². The molecule has 1 aromatic heterocycles. The lowest BCUT2D eigenvalue weighted by Crippen LogP contribution is -2.26. The van der Waals surface area contributed by atoms with Gasteiger partial charge in [0.1, 0.15) is 0 Å². The second-order valence-corrected chi connectivity index (χ2v) is 8.96. The molecule has 0 saturated heterocycles. The monoisotopic (exact) mass is 383 g/mol. The molecule has 6 nitrogen and oxygen atoms in total.